The maximum absolute atomic E-state index is 5.01. The van der Waals surface area contributed by atoms with Crippen molar-refractivity contribution in [1.82, 2.24) is 25.5 Å². The average molecular weight is 281 g/mol. The molecule has 0 aromatic carbocycles. The third-order valence-electron chi connectivity index (χ3n) is 4.17. The molecule has 0 spiro atoms. The van der Waals surface area contributed by atoms with Gasteiger partial charge in [0, 0.05) is 20.2 Å². The van der Waals surface area contributed by atoms with Gasteiger partial charge in [0.25, 0.3) is 0 Å². The number of tetrazole rings is 1. The van der Waals surface area contributed by atoms with E-state index in [4.69, 9.17) is 4.74 Å². The van der Waals surface area contributed by atoms with Crippen LogP contribution in [0.25, 0.3) is 0 Å². The molecule has 1 aliphatic carbocycles. The van der Waals surface area contributed by atoms with Gasteiger partial charge in [0.15, 0.2) is 5.82 Å². The molecule has 2 unspecified atom stereocenters. The molecule has 1 N–H and O–H groups in total. The summed E-state index contributed by atoms with van der Waals surface area (Å²) in [6, 6.07) is 0. The van der Waals surface area contributed by atoms with Crippen LogP contribution in [0.3, 0.4) is 0 Å². The Labute approximate surface area is 121 Å². The lowest BCUT2D eigenvalue weighted by Gasteiger charge is -2.26. The lowest BCUT2D eigenvalue weighted by Crippen LogP contribution is -2.22. The van der Waals surface area contributed by atoms with E-state index < -0.39 is 0 Å². The van der Waals surface area contributed by atoms with Crippen molar-refractivity contribution in [3.05, 3.63) is 5.82 Å². The molecule has 0 amide bonds. The molecule has 0 aliphatic heterocycles. The summed E-state index contributed by atoms with van der Waals surface area (Å²) >= 11 is 0. The van der Waals surface area contributed by atoms with E-state index in [9.17, 15) is 0 Å². The highest BCUT2D eigenvalue weighted by Crippen LogP contribution is 2.30. The van der Waals surface area contributed by atoms with Gasteiger partial charge >= 0.3 is 0 Å². The van der Waals surface area contributed by atoms with E-state index >= 15 is 0 Å². The predicted molar refractivity (Wildman–Crippen MR) is 77.1 cm³/mol. The molecule has 2 atom stereocenters. The number of aromatic nitrogens is 4. The van der Waals surface area contributed by atoms with Crippen LogP contribution in [-0.4, -0.2) is 40.5 Å². The summed E-state index contributed by atoms with van der Waals surface area (Å²) in [6.07, 6.45) is 6.71. The molecule has 6 nitrogen and oxygen atoms in total. The van der Waals surface area contributed by atoms with E-state index in [1.54, 1.807) is 7.11 Å². The smallest absolute Gasteiger partial charge is 0.165 e. The molecule has 114 valence electrons. The van der Waals surface area contributed by atoms with Crippen molar-refractivity contribution in [2.75, 3.05) is 20.3 Å². The van der Waals surface area contributed by atoms with Crippen LogP contribution in [0.4, 0.5) is 0 Å². The number of rotatable bonds is 8. The molecule has 1 aromatic rings. The van der Waals surface area contributed by atoms with Crippen LogP contribution >= 0.6 is 0 Å². The Hall–Kier alpha value is -1.01. The maximum Gasteiger partial charge on any atom is 0.165 e. The number of hydrogen-bond donors (Lipinski definition) is 1. The normalized spacial score (nSPS) is 23.1. The molecule has 1 fully saturated rings. The fourth-order valence-corrected chi connectivity index (χ4v) is 3.02. The summed E-state index contributed by atoms with van der Waals surface area (Å²) in [5.74, 6) is 2.65. The summed E-state index contributed by atoms with van der Waals surface area (Å²) in [5, 5.41) is 15.3. The van der Waals surface area contributed by atoms with Gasteiger partial charge < -0.3 is 10.1 Å². The lowest BCUT2D eigenvalue weighted by molar-refractivity contribution is 0.198. The molecular formula is C14H27N5O. The Morgan fingerprint density at radius 2 is 2.30 bits per heavy atom. The van der Waals surface area contributed by atoms with Crippen molar-refractivity contribution < 1.29 is 4.74 Å². The standard InChI is InChI=1S/C14H27N5O/c1-12-4-3-5-13(10-12)6-8-19-14(16-17-18-19)11-15-7-9-20-2/h12-13,15H,3-11H2,1-2H3. The van der Waals surface area contributed by atoms with Crippen LogP contribution in [0.15, 0.2) is 0 Å². The van der Waals surface area contributed by atoms with Gasteiger partial charge in [0.05, 0.1) is 13.2 Å². The van der Waals surface area contributed by atoms with Crippen molar-refractivity contribution in [2.45, 2.75) is 52.1 Å². The molecule has 1 heterocycles. The molecule has 0 bridgehead atoms. The fourth-order valence-electron chi connectivity index (χ4n) is 3.02. The highest BCUT2D eigenvalue weighted by Gasteiger charge is 2.19. The highest BCUT2D eigenvalue weighted by molar-refractivity contribution is 4.80. The van der Waals surface area contributed by atoms with Crippen LogP contribution in [0.1, 0.15) is 44.9 Å². The Balaban J connectivity index is 1.73. The second kappa shape index (κ2) is 8.32. The SMILES string of the molecule is COCCNCc1nnnn1CCC1CCCC(C)C1. The van der Waals surface area contributed by atoms with E-state index in [-0.39, 0.29) is 0 Å². The molecule has 1 aliphatic rings. The first-order chi connectivity index (χ1) is 9.79. The minimum Gasteiger partial charge on any atom is -0.383 e. The molecule has 6 heteroatoms. The van der Waals surface area contributed by atoms with Gasteiger partial charge in [-0.05, 0) is 35.1 Å². The summed E-state index contributed by atoms with van der Waals surface area (Å²) in [6.45, 7) is 5.54. The highest BCUT2D eigenvalue weighted by atomic mass is 16.5. The van der Waals surface area contributed by atoms with Crippen LogP contribution < -0.4 is 5.32 Å². The van der Waals surface area contributed by atoms with Crippen molar-refractivity contribution in [3.8, 4) is 0 Å². The van der Waals surface area contributed by atoms with Gasteiger partial charge in [0.2, 0.25) is 0 Å². The molecule has 2 rings (SSSR count). The molecule has 0 radical (unpaired) electrons. The van der Waals surface area contributed by atoms with E-state index in [1.165, 1.54) is 32.1 Å². The lowest BCUT2D eigenvalue weighted by atomic mass is 9.81. The molecular weight excluding hydrogens is 254 g/mol. The number of aryl methyl sites for hydroxylation is 1. The Kier molecular flexibility index (Phi) is 6.39. The second-order valence-electron chi connectivity index (χ2n) is 5.91. The van der Waals surface area contributed by atoms with Gasteiger partial charge in [0.1, 0.15) is 0 Å². The Bertz CT molecular complexity index is 381. The van der Waals surface area contributed by atoms with Gasteiger partial charge in [-0.2, -0.15) is 0 Å². The van der Waals surface area contributed by atoms with Crippen LogP contribution in [-0.2, 0) is 17.8 Å². The van der Waals surface area contributed by atoms with E-state index in [2.05, 4.69) is 27.8 Å². The number of hydrogen-bond acceptors (Lipinski definition) is 5. The first kappa shape index (κ1) is 15.4. The minimum absolute atomic E-state index is 0.706. The summed E-state index contributed by atoms with van der Waals surface area (Å²) < 4.78 is 6.95. The molecule has 1 aromatic heterocycles. The van der Waals surface area contributed by atoms with Gasteiger partial charge in [-0.1, -0.05) is 26.2 Å². The van der Waals surface area contributed by atoms with E-state index in [1.807, 2.05) is 4.68 Å². The van der Waals surface area contributed by atoms with E-state index in [0.29, 0.717) is 13.2 Å². The number of nitrogens with one attached hydrogen (secondary N) is 1. The topological polar surface area (TPSA) is 64.9 Å². The zero-order valence-electron chi connectivity index (χ0n) is 12.7. The van der Waals surface area contributed by atoms with Crippen LogP contribution in [0.2, 0.25) is 0 Å². The first-order valence-electron chi connectivity index (χ1n) is 7.74. The average Bonchev–Trinajstić information content (AvgIpc) is 2.89. The Morgan fingerprint density at radius 3 is 3.10 bits per heavy atom. The van der Waals surface area contributed by atoms with Gasteiger partial charge in [-0.15, -0.1) is 5.10 Å². The second-order valence-corrected chi connectivity index (χ2v) is 5.91. The van der Waals surface area contributed by atoms with Crippen molar-refractivity contribution in [2.24, 2.45) is 11.8 Å². The summed E-state index contributed by atoms with van der Waals surface area (Å²) in [4.78, 5) is 0. The molecule has 0 saturated heterocycles. The van der Waals surface area contributed by atoms with Crippen molar-refractivity contribution in [3.63, 3.8) is 0 Å². The Morgan fingerprint density at radius 1 is 1.40 bits per heavy atom. The first-order valence-corrected chi connectivity index (χ1v) is 7.74. The largest absolute Gasteiger partial charge is 0.383 e. The quantitative estimate of drug-likeness (QED) is 0.734. The fraction of sp³-hybridized carbons (Fsp3) is 0.929. The molecule has 20 heavy (non-hydrogen) atoms. The van der Waals surface area contributed by atoms with Gasteiger partial charge in [-0.25, -0.2) is 4.68 Å². The zero-order chi connectivity index (χ0) is 14.2. The summed E-state index contributed by atoms with van der Waals surface area (Å²) in [5.41, 5.74) is 0. The minimum atomic E-state index is 0.706. The van der Waals surface area contributed by atoms with Crippen molar-refractivity contribution >= 4 is 0 Å². The van der Waals surface area contributed by atoms with Gasteiger partial charge in [-0.3, -0.25) is 0 Å². The number of nitrogens with zero attached hydrogens (tertiary/aromatic N) is 4. The third kappa shape index (κ3) is 4.83. The monoisotopic (exact) mass is 281 g/mol. The van der Waals surface area contributed by atoms with Crippen LogP contribution in [0.5, 0.6) is 0 Å². The van der Waals surface area contributed by atoms with E-state index in [0.717, 1.165) is 30.7 Å². The predicted octanol–water partition coefficient (Wildman–Crippen LogP) is 1.63. The maximum atomic E-state index is 5.01. The van der Waals surface area contributed by atoms with Crippen LogP contribution in [0, 0.1) is 11.8 Å². The third-order valence-corrected chi connectivity index (χ3v) is 4.17. The number of methoxy groups -OCH3 is 1. The zero-order valence-corrected chi connectivity index (χ0v) is 12.7. The summed E-state index contributed by atoms with van der Waals surface area (Å²) in [7, 11) is 1.71. The molecule has 1 saturated carbocycles. The number of ether oxygens (including phenoxy) is 1. The van der Waals surface area contributed by atoms with Crippen molar-refractivity contribution in [1.29, 1.82) is 0 Å².